The van der Waals surface area contributed by atoms with Gasteiger partial charge in [0.15, 0.2) is 9.84 Å². The van der Waals surface area contributed by atoms with Gasteiger partial charge in [0, 0.05) is 25.8 Å². The number of hydrogen-bond donors (Lipinski definition) is 1. The molecular weight excluding hydrogens is 488 g/mol. The summed E-state index contributed by atoms with van der Waals surface area (Å²) in [5, 5.41) is 2.99. The van der Waals surface area contributed by atoms with Crippen LogP contribution in [-0.4, -0.2) is 53.5 Å². The first-order chi connectivity index (χ1) is 16.6. The topological polar surface area (TPSA) is 110 Å². The number of nitrogens with one attached hydrogen (secondary N) is 1. The van der Waals surface area contributed by atoms with Crippen molar-refractivity contribution in [3.05, 3.63) is 53.6 Å². The zero-order chi connectivity index (χ0) is 25.6. The molecule has 10 heteroatoms. The van der Waals surface area contributed by atoms with Gasteiger partial charge in [0.25, 0.3) is 0 Å². The van der Waals surface area contributed by atoms with Crippen LogP contribution in [-0.2, 0) is 31.1 Å². The predicted molar refractivity (Wildman–Crippen MR) is 135 cm³/mol. The number of sulfone groups is 1. The molecule has 1 amide bonds. The highest BCUT2D eigenvalue weighted by Crippen LogP contribution is 2.27. The lowest BCUT2D eigenvalue weighted by molar-refractivity contribution is -0.121. The second-order valence-electron chi connectivity index (χ2n) is 8.81. The Morgan fingerprint density at radius 3 is 2.20 bits per heavy atom. The van der Waals surface area contributed by atoms with E-state index in [1.807, 2.05) is 6.92 Å². The number of hydrogen-bond acceptors (Lipinski definition) is 6. The minimum absolute atomic E-state index is 0.154. The van der Waals surface area contributed by atoms with Crippen molar-refractivity contribution >= 4 is 25.8 Å². The lowest BCUT2D eigenvalue weighted by Crippen LogP contribution is -2.35. The first-order valence-corrected chi connectivity index (χ1v) is 15.2. The number of sulfonamides is 1. The van der Waals surface area contributed by atoms with Crippen molar-refractivity contribution in [1.29, 1.82) is 0 Å². The highest BCUT2D eigenvalue weighted by atomic mass is 32.2. The molecule has 1 atom stereocenters. The number of carbonyl (C=O) groups excluding carboxylic acids is 1. The highest BCUT2D eigenvalue weighted by molar-refractivity contribution is 7.90. The van der Waals surface area contributed by atoms with E-state index in [4.69, 9.17) is 4.74 Å². The molecule has 2 aromatic rings. The van der Waals surface area contributed by atoms with Gasteiger partial charge in [-0.2, -0.15) is 4.31 Å². The maximum absolute atomic E-state index is 13.1. The fourth-order valence-corrected chi connectivity index (χ4v) is 6.45. The molecular formula is C25H34N2O6S2. The third-order valence-corrected chi connectivity index (χ3v) is 9.30. The molecule has 0 aliphatic carbocycles. The molecule has 0 saturated carbocycles. The number of benzene rings is 2. The number of aryl methyl sites for hydroxylation is 1. The van der Waals surface area contributed by atoms with Crippen LogP contribution in [0.15, 0.2) is 52.3 Å². The van der Waals surface area contributed by atoms with E-state index in [9.17, 15) is 21.6 Å². The van der Waals surface area contributed by atoms with Crippen LogP contribution in [0.25, 0.3) is 0 Å². The molecule has 1 saturated heterocycles. The van der Waals surface area contributed by atoms with Crippen molar-refractivity contribution < 1.29 is 26.4 Å². The summed E-state index contributed by atoms with van der Waals surface area (Å²) in [5.74, 6) is 0.356. The van der Waals surface area contributed by atoms with Crippen LogP contribution in [0.2, 0.25) is 0 Å². The molecule has 1 heterocycles. The standard InChI is InChI=1S/C25H34N2O6S2/c1-4-23(19-8-11-21(12-9-19)34(3,29)30)26-25(28)15-10-20-18-22(13-14-24(20)33-2)35(31,32)27-16-6-5-7-17-27/h8-9,11-14,18,23H,4-7,10,15-17H2,1-3H3,(H,26,28)/t23-/m1/s1. The third kappa shape index (κ3) is 6.83. The number of piperidine rings is 1. The smallest absolute Gasteiger partial charge is 0.243 e. The fourth-order valence-electron chi connectivity index (χ4n) is 4.25. The maximum Gasteiger partial charge on any atom is 0.243 e. The number of methoxy groups -OCH3 is 1. The molecule has 1 fully saturated rings. The van der Waals surface area contributed by atoms with Gasteiger partial charge in [-0.25, -0.2) is 16.8 Å². The van der Waals surface area contributed by atoms with Gasteiger partial charge in [-0.15, -0.1) is 0 Å². The summed E-state index contributed by atoms with van der Waals surface area (Å²) in [4.78, 5) is 13.2. The van der Waals surface area contributed by atoms with Crippen molar-refractivity contribution in [2.75, 3.05) is 26.5 Å². The van der Waals surface area contributed by atoms with Crippen LogP contribution in [0.5, 0.6) is 5.75 Å². The largest absolute Gasteiger partial charge is 0.496 e. The van der Waals surface area contributed by atoms with Gasteiger partial charge in [0.05, 0.1) is 22.9 Å². The van der Waals surface area contributed by atoms with Crippen LogP contribution in [0.1, 0.15) is 56.2 Å². The number of ether oxygens (including phenoxy) is 1. The molecule has 0 radical (unpaired) electrons. The molecule has 35 heavy (non-hydrogen) atoms. The molecule has 8 nitrogen and oxygen atoms in total. The Bertz CT molecular complexity index is 1240. The average Bonchev–Trinajstić information content (AvgIpc) is 2.86. The van der Waals surface area contributed by atoms with E-state index in [1.165, 1.54) is 11.4 Å². The summed E-state index contributed by atoms with van der Waals surface area (Å²) in [6.07, 6.45) is 5.02. The highest BCUT2D eigenvalue weighted by Gasteiger charge is 2.27. The summed E-state index contributed by atoms with van der Waals surface area (Å²) < 4.78 is 56.5. The molecule has 0 aromatic heterocycles. The van der Waals surface area contributed by atoms with Gasteiger partial charge in [0.2, 0.25) is 15.9 Å². The Morgan fingerprint density at radius 1 is 1.00 bits per heavy atom. The monoisotopic (exact) mass is 522 g/mol. The van der Waals surface area contributed by atoms with Crippen molar-refractivity contribution in [2.24, 2.45) is 0 Å². The van der Waals surface area contributed by atoms with Gasteiger partial charge >= 0.3 is 0 Å². The summed E-state index contributed by atoms with van der Waals surface area (Å²) >= 11 is 0. The number of carbonyl (C=O) groups is 1. The molecule has 0 bridgehead atoms. The molecule has 0 spiro atoms. The van der Waals surface area contributed by atoms with Gasteiger partial charge in [0.1, 0.15) is 5.75 Å². The Labute approximate surface area is 208 Å². The van der Waals surface area contributed by atoms with Gasteiger partial charge in [-0.05, 0) is 67.1 Å². The van der Waals surface area contributed by atoms with Gasteiger partial charge in [-0.3, -0.25) is 4.79 Å². The molecule has 3 rings (SSSR count). The lowest BCUT2D eigenvalue weighted by Gasteiger charge is -2.26. The van der Waals surface area contributed by atoms with E-state index in [0.717, 1.165) is 31.1 Å². The minimum atomic E-state index is -3.59. The number of amides is 1. The van der Waals surface area contributed by atoms with Crippen LogP contribution in [0.3, 0.4) is 0 Å². The van der Waals surface area contributed by atoms with E-state index in [2.05, 4.69) is 5.32 Å². The molecule has 1 aliphatic rings. The first kappa shape index (κ1) is 27.2. The van der Waals surface area contributed by atoms with Crippen LogP contribution in [0, 0.1) is 0 Å². The summed E-state index contributed by atoms with van der Waals surface area (Å²) in [5.41, 5.74) is 1.48. The van der Waals surface area contributed by atoms with Crippen molar-refractivity contribution in [3.8, 4) is 5.75 Å². The maximum atomic E-state index is 13.1. The zero-order valence-corrected chi connectivity index (χ0v) is 22.1. The summed E-state index contributed by atoms with van der Waals surface area (Å²) in [6, 6.07) is 11.0. The van der Waals surface area contributed by atoms with Crippen molar-refractivity contribution in [2.45, 2.75) is 61.3 Å². The molecule has 1 N–H and O–H groups in total. The second-order valence-corrected chi connectivity index (χ2v) is 12.8. The second kappa shape index (κ2) is 11.5. The quantitative estimate of drug-likeness (QED) is 0.512. The Morgan fingerprint density at radius 2 is 1.63 bits per heavy atom. The number of nitrogens with zero attached hydrogens (tertiary/aromatic N) is 1. The molecule has 0 unspecified atom stereocenters. The fraction of sp³-hybridized carbons (Fsp3) is 0.480. The van der Waals surface area contributed by atoms with Gasteiger partial charge < -0.3 is 10.1 Å². The normalized spacial score (nSPS) is 16.0. The predicted octanol–water partition coefficient (Wildman–Crippen LogP) is 3.47. The Hall–Kier alpha value is -2.43. The van der Waals surface area contributed by atoms with Crippen molar-refractivity contribution in [3.63, 3.8) is 0 Å². The SMILES string of the molecule is CC[C@@H](NC(=O)CCc1cc(S(=O)(=O)N2CCCCC2)ccc1OC)c1ccc(S(C)(=O)=O)cc1. The first-order valence-electron chi connectivity index (χ1n) is 11.8. The van der Waals surface area contributed by atoms with E-state index in [1.54, 1.807) is 42.5 Å². The lowest BCUT2D eigenvalue weighted by atomic mass is 10.0. The Kier molecular flexibility index (Phi) is 8.95. The zero-order valence-electron chi connectivity index (χ0n) is 20.5. The van der Waals surface area contributed by atoms with Gasteiger partial charge in [-0.1, -0.05) is 25.5 Å². The van der Waals surface area contributed by atoms with Crippen LogP contribution >= 0.6 is 0 Å². The van der Waals surface area contributed by atoms with E-state index < -0.39 is 19.9 Å². The van der Waals surface area contributed by atoms with Crippen LogP contribution < -0.4 is 10.1 Å². The average molecular weight is 523 g/mol. The molecule has 192 valence electrons. The molecule has 1 aliphatic heterocycles. The van der Waals surface area contributed by atoms with E-state index in [0.29, 0.717) is 37.2 Å². The van der Waals surface area contributed by atoms with E-state index in [-0.39, 0.29) is 28.2 Å². The summed E-state index contributed by atoms with van der Waals surface area (Å²) in [6.45, 7) is 2.98. The van der Waals surface area contributed by atoms with Crippen molar-refractivity contribution in [1.82, 2.24) is 9.62 Å². The van der Waals surface area contributed by atoms with Crippen LogP contribution in [0.4, 0.5) is 0 Å². The third-order valence-electron chi connectivity index (χ3n) is 6.28. The number of rotatable bonds is 10. The molecule has 2 aromatic carbocycles. The Balaban J connectivity index is 1.69. The van der Waals surface area contributed by atoms with E-state index >= 15 is 0 Å². The summed E-state index contributed by atoms with van der Waals surface area (Å²) in [7, 11) is -5.36. The minimum Gasteiger partial charge on any atom is -0.496 e.